The van der Waals surface area contributed by atoms with Gasteiger partial charge in [0.25, 0.3) is 0 Å². The first-order valence-corrected chi connectivity index (χ1v) is 3.82. The molecular formula is C7H2ClF4NO2. The highest BCUT2D eigenvalue weighted by Gasteiger charge is 2.38. The van der Waals surface area contributed by atoms with Crippen molar-refractivity contribution >= 4 is 17.3 Å². The van der Waals surface area contributed by atoms with Crippen LogP contribution in [0.4, 0.5) is 23.2 Å². The number of halogens is 5. The minimum absolute atomic E-state index is 0.296. The number of benzene rings is 1. The summed E-state index contributed by atoms with van der Waals surface area (Å²) in [5.74, 6) is -1.93. The van der Waals surface area contributed by atoms with Gasteiger partial charge in [0.05, 0.1) is 10.5 Å². The molecule has 0 bridgehead atoms. The molecule has 3 nitrogen and oxygen atoms in total. The van der Waals surface area contributed by atoms with Crippen LogP contribution in [0.5, 0.6) is 0 Å². The Kier molecular flexibility index (Phi) is 2.85. The summed E-state index contributed by atoms with van der Waals surface area (Å²) in [7, 11) is 0. The zero-order valence-electron chi connectivity index (χ0n) is 6.81. The van der Waals surface area contributed by atoms with Crippen molar-refractivity contribution < 1.29 is 22.5 Å². The third-order valence-corrected chi connectivity index (χ3v) is 1.74. The van der Waals surface area contributed by atoms with Gasteiger partial charge in [0.2, 0.25) is 5.82 Å². The molecule has 0 saturated heterocycles. The van der Waals surface area contributed by atoms with Crippen LogP contribution in [-0.4, -0.2) is 4.92 Å². The Morgan fingerprint density at radius 2 is 1.87 bits per heavy atom. The quantitative estimate of drug-likeness (QED) is 0.431. The predicted octanol–water partition coefficient (Wildman–Crippen LogP) is 3.41. The van der Waals surface area contributed by atoms with E-state index in [-0.39, 0.29) is 0 Å². The topological polar surface area (TPSA) is 43.1 Å². The van der Waals surface area contributed by atoms with E-state index in [9.17, 15) is 27.7 Å². The summed E-state index contributed by atoms with van der Waals surface area (Å²) in [5.41, 5.74) is -3.04. The van der Waals surface area contributed by atoms with E-state index in [0.29, 0.717) is 12.1 Å². The largest absolute Gasteiger partial charge is 0.419 e. The average Bonchev–Trinajstić information content (AvgIpc) is 2.06. The van der Waals surface area contributed by atoms with Gasteiger partial charge in [-0.2, -0.15) is 17.6 Å². The highest BCUT2D eigenvalue weighted by Crippen LogP contribution is 2.36. The Morgan fingerprint density at radius 3 is 2.27 bits per heavy atom. The van der Waals surface area contributed by atoms with E-state index in [0.717, 1.165) is 0 Å². The smallest absolute Gasteiger partial charge is 0.258 e. The SMILES string of the molecule is O=[N+]([O-])c1cc(Cl)cc(C(F)(F)F)c1F. The number of nitro groups is 1. The second-order valence-corrected chi connectivity index (χ2v) is 2.98. The lowest BCUT2D eigenvalue weighted by atomic mass is 10.2. The summed E-state index contributed by atoms with van der Waals surface area (Å²) in [4.78, 5) is 8.93. The van der Waals surface area contributed by atoms with Gasteiger partial charge in [-0.15, -0.1) is 0 Å². The molecule has 15 heavy (non-hydrogen) atoms. The molecule has 0 amide bonds. The first-order valence-electron chi connectivity index (χ1n) is 3.44. The highest BCUT2D eigenvalue weighted by molar-refractivity contribution is 6.30. The van der Waals surface area contributed by atoms with Gasteiger partial charge in [-0.25, -0.2) is 0 Å². The fourth-order valence-corrected chi connectivity index (χ4v) is 1.13. The van der Waals surface area contributed by atoms with E-state index in [1.165, 1.54) is 0 Å². The number of alkyl halides is 3. The number of hydrogen-bond acceptors (Lipinski definition) is 2. The minimum Gasteiger partial charge on any atom is -0.258 e. The van der Waals surface area contributed by atoms with Crippen LogP contribution in [0.2, 0.25) is 5.02 Å². The molecule has 0 saturated carbocycles. The number of rotatable bonds is 1. The van der Waals surface area contributed by atoms with Gasteiger partial charge >= 0.3 is 11.9 Å². The Morgan fingerprint density at radius 1 is 1.33 bits per heavy atom. The maximum Gasteiger partial charge on any atom is 0.419 e. The molecule has 8 heteroatoms. The van der Waals surface area contributed by atoms with E-state index in [2.05, 4.69) is 0 Å². The molecule has 0 aliphatic rings. The van der Waals surface area contributed by atoms with Crippen molar-refractivity contribution in [2.75, 3.05) is 0 Å². The standard InChI is InChI=1S/C7H2ClF4NO2/c8-3-1-4(7(10,11)12)6(9)5(2-3)13(14)15/h1-2H. The Balaban J connectivity index is 3.49. The van der Waals surface area contributed by atoms with Crippen molar-refractivity contribution in [1.29, 1.82) is 0 Å². The second kappa shape index (κ2) is 3.65. The van der Waals surface area contributed by atoms with Crippen LogP contribution in [-0.2, 0) is 6.18 Å². The van der Waals surface area contributed by atoms with Gasteiger partial charge in [-0.05, 0) is 6.07 Å². The molecule has 0 spiro atoms. The van der Waals surface area contributed by atoms with Crippen molar-refractivity contribution in [3.05, 3.63) is 38.7 Å². The van der Waals surface area contributed by atoms with Gasteiger partial charge in [0.1, 0.15) is 0 Å². The molecule has 0 unspecified atom stereocenters. The Hall–Kier alpha value is -1.37. The molecule has 0 aliphatic carbocycles. The third kappa shape index (κ3) is 2.35. The number of nitro benzene ring substituents is 1. The normalized spacial score (nSPS) is 11.5. The van der Waals surface area contributed by atoms with E-state index in [1.54, 1.807) is 0 Å². The van der Waals surface area contributed by atoms with E-state index in [1.807, 2.05) is 0 Å². The van der Waals surface area contributed by atoms with Crippen LogP contribution in [0.1, 0.15) is 5.56 Å². The van der Waals surface area contributed by atoms with Crippen LogP contribution in [0.25, 0.3) is 0 Å². The van der Waals surface area contributed by atoms with Crippen molar-refractivity contribution in [2.24, 2.45) is 0 Å². The number of nitrogens with zero attached hydrogens (tertiary/aromatic N) is 1. The maximum atomic E-state index is 13.0. The van der Waals surface area contributed by atoms with Crippen molar-refractivity contribution in [3.63, 3.8) is 0 Å². The maximum absolute atomic E-state index is 13.0. The summed E-state index contributed by atoms with van der Waals surface area (Å²) in [6.45, 7) is 0. The highest BCUT2D eigenvalue weighted by atomic mass is 35.5. The van der Waals surface area contributed by atoms with Crippen molar-refractivity contribution in [1.82, 2.24) is 0 Å². The molecule has 0 N–H and O–H groups in total. The molecule has 0 atom stereocenters. The van der Waals surface area contributed by atoms with E-state index >= 15 is 0 Å². The van der Waals surface area contributed by atoms with Crippen LogP contribution in [0, 0.1) is 15.9 Å². The zero-order valence-corrected chi connectivity index (χ0v) is 7.56. The fraction of sp³-hybridized carbons (Fsp3) is 0.143. The molecule has 82 valence electrons. The zero-order chi connectivity index (χ0) is 11.8. The van der Waals surface area contributed by atoms with Crippen molar-refractivity contribution in [2.45, 2.75) is 6.18 Å². The average molecular weight is 244 g/mol. The fourth-order valence-electron chi connectivity index (χ4n) is 0.914. The van der Waals surface area contributed by atoms with Gasteiger partial charge in [-0.1, -0.05) is 11.6 Å². The monoisotopic (exact) mass is 243 g/mol. The molecule has 0 aromatic heterocycles. The Labute approximate surface area is 85.4 Å². The molecular weight excluding hydrogens is 242 g/mol. The lowest BCUT2D eigenvalue weighted by Crippen LogP contribution is -2.09. The first kappa shape index (κ1) is 11.7. The van der Waals surface area contributed by atoms with Crippen molar-refractivity contribution in [3.8, 4) is 0 Å². The number of hydrogen-bond donors (Lipinski definition) is 0. The van der Waals surface area contributed by atoms with Crippen LogP contribution >= 0.6 is 11.6 Å². The predicted molar refractivity (Wildman–Crippen MR) is 43.1 cm³/mol. The van der Waals surface area contributed by atoms with Gasteiger partial charge in [0.15, 0.2) is 0 Å². The molecule has 0 radical (unpaired) electrons. The lowest BCUT2D eigenvalue weighted by molar-refractivity contribution is -0.387. The second-order valence-electron chi connectivity index (χ2n) is 2.54. The third-order valence-electron chi connectivity index (χ3n) is 1.52. The van der Waals surface area contributed by atoms with E-state index in [4.69, 9.17) is 11.6 Å². The molecule has 1 aromatic carbocycles. The minimum atomic E-state index is -5.01. The summed E-state index contributed by atoms with van der Waals surface area (Å²) in [6.07, 6.45) is -5.01. The summed E-state index contributed by atoms with van der Waals surface area (Å²) in [6, 6.07) is 0.815. The molecule has 0 heterocycles. The molecule has 0 fully saturated rings. The van der Waals surface area contributed by atoms with Crippen LogP contribution in [0.15, 0.2) is 12.1 Å². The Bertz CT molecular complexity index is 418. The van der Waals surface area contributed by atoms with Gasteiger partial charge in [0, 0.05) is 11.1 Å². The van der Waals surface area contributed by atoms with E-state index < -0.39 is 33.2 Å². The van der Waals surface area contributed by atoms with Crippen LogP contribution in [0.3, 0.4) is 0 Å². The lowest BCUT2D eigenvalue weighted by Gasteiger charge is -2.07. The van der Waals surface area contributed by atoms with Crippen LogP contribution < -0.4 is 0 Å². The van der Waals surface area contributed by atoms with Gasteiger partial charge < -0.3 is 0 Å². The summed E-state index contributed by atoms with van der Waals surface area (Å²) < 4.78 is 49.4. The summed E-state index contributed by atoms with van der Waals surface area (Å²) in [5, 5.41) is 9.65. The van der Waals surface area contributed by atoms with Gasteiger partial charge in [-0.3, -0.25) is 10.1 Å². The summed E-state index contributed by atoms with van der Waals surface area (Å²) >= 11 is 5.20. The first-order chi connectivity index (χ1) is 6.73. The molecule has 0 aliphatic heterocycles. The molecule has 1 aromatic rings. The molecule has 1 rings (SSSR count).